The number of sulfonamides is 1. The Hall–Kier alpha value is -2.25. The number of carbonyl (C=O) groups excluding carboxylic acids is 1. The van der Waals surface area contributed by atoms with E-state index < -0.39 is 15.9 Å². The maximum Gasteiger partial charge on any atom is 0.264 e. The van der Waals surface area contributed by atoms with Gasteiger partial charge in [0.05, 0.1) is 17.7 Å². The SMILES string of the molecule is COc1ccc(S(=O)(=O)N(CC(=O)NC(C)C)c2ccc(Cl)cc2)cc1. The van der Waals surface area contributed by atoms with Crippen LogP contribution in [0.15, 0.2) is 53.4 Å². The summed E-state index contributed by atoms with van der Waals surface area (Å²) in [5, 5.41) is 3.18. The van der Waals surface area contributed by atoms with Crippen molar-refractivity contribution in [1.29, 1.82) is 0 Å². The Balaban J connectivity index is 2.43. The maximum atomic E-state index is 13.1. The van der Waals surface area contributed by atoms with Crippen LogP contribution in [0.3, 0.4) is 0 Å². The van der Waals surface area contributed by atoms with Gasteiger partial charge in [-0.25, -0.2) is 8.42 Å². The van der Waals surface area contributed by atoms with Crippen molar-refractivity contribution in [2.45, 2.75) is 24.8 Å². The molecular weight excluding hydrogens is 376 g/mol. The van der Waals surface area contributed by atoms with Crippen molar-refractivity contribution in [2.75, 3.05) is 18.0 Å². The maximum absolute atomic E-state index is 13.1. The highest BCUT2D eigenvalue weighted by Crippen LogP contribution is 2.26. The lowest BCUT2D eigenvalue weighted by Gasteiger charge is -2.24. The molecule has 0 aliphatic heterocycles. The van der Waals surface area contributed by atoms with Gasteiger partial charge in [-0.2, -0.15) is 0 Å². The molecule has 0 aliphatic carbocycles. The summed E-state index contributed by atoms with van der Waals surface area (Å²) in [6.45, 7) is 3.28. The highest BCUT2D eigenvalue weighted by molar-refractivity contribution is 7.92. The van der Waals surface area contributed by atoms with Crippen molar-refractivity contribution in [3.05, 3.63) is 53.6 Å². The molecule has 0 bridgehead atoms. The van der Waals surface area contributed by atoms with Crippen LogP contribution >= 0.6 is 11.6 Å². The Bertz CT molecular complexity index is 850. The first-order valence-electron chi connectivity index (χ1n) is 7.96. The second kappa shape index (κ2) is 8.42. The average Bonchev–Trinajstić information content (AvgIpc) is 2.60. The van der Waals surface area contributed by atoms with E-state index in [2.05, 4.69) is 5.32 Å². The van der Waals surface area contributed by atoms with Gasteiger partial charge in [0.15, 0.2) is 0 Å². The number of methoxy groups -OCH3 is 1. The molecule has 2 aromatic rings. The number of anilines is 1. The third-order valence-corrected chi connectivity index (χ3v) is 5.54. The molecule has 0 aliphatic rings. The minimum absolute atomic E-state index is 0.0607. The fourth-order valence-electron chi connectivity index (χ4n) is 2.30. The smallest absolute Gasteiger partial charge is 0.264 e. The molecule has 0 spiro atoms. The number of carbonyl (C=O) groups is 1. The predicted molar refractivity (Wildman–Crippen MR) is 102 cm³/mol. The van der Waals surface area contributed by atoms with Crippen LogP contribution in [-0.2, 0) is 14.8 Å². The molecule has 8 heteroatoms. The van der Waals surface area contributed by atoms with Gasteiger partial charge < -0.3 is 10.1 Å². The van der Waals surface area contributed by atoms with E-state index >= 15 is 0 Å². The van der Waals surface area contributed by atoms with E-state index in [-0.39, 0.29) is 17.5 Å². The first kappa shape index (κ1) is 20.1. The van der Waals surface area contributed by atoms with E-state index in [0.717, 1.165) is 4.31 Å². The van der Waals surface area contributed by atoms with Crippen molar-refractivity contribution in [1.82, 2.24) is 5.32 Å². The van der Waals surface area contributed by atoms with Gasteiger partial charge in [-0.1, -0.05) is 11.6 Å². The lowest BCUT2D eigenvalue weighted by Crippen LogP contribution is -2.42. The molecule has 140 valence electrons. The van der Waals surface area contributed by atoms with Gasteiger partial charge in [0.1, 0.15) is 12.3 Å². The third-order valence-electron chi connectivity index (χ3n) is 3.50. The predicted octanol–water partition coefficient (Wildman–Crippen LogP) is 3.07. The summed E-state index contributed by atoms with van der Waals surface area (Å²) in [6.07, 6.45) is 0. The van der Waals surface area contributed by atoms with Gasteiger partial charge in [-0.05, 0) is 62.4 Å². The third kappa shape index (κ3) is 4.89. The van der Waals surface area contributed by atoms with E-state index in [9.17, 15) is 13.2 Å². The Labute approximate surface area is 158 Å². The summed E-state index contributed by atoms with van der Waals surface area (Å²) in [7, 11) is -2.45. The Morgan fingerprint density at radius 2 is 1.69 bits per heavy atom. The number of amides is 1. The van der Waals surface area contributed by atoms with Crippen LogP contribution in [0.5, 0.6) is 5.75 Å². The first-order valence-corrected chi connectivity index (χ1v) is 9.77. The number of ether oxygens (including phenoxy) is 1. The van der Waals surface area contributed by atoms with Crippen LogP contribution in [0.1, 0.15) is 13.8 Å². The molecule has 0 saturated carbocycles. The number of nitrogens with zero attached hydrogens (tertiary/aromatic N) is 1. The molecule has 0 fully saturated rings. The molecule has 0 saturated heterocycles. The van der Waals surface area contributed by atoms with Gasteiger partial charge in [-0.3, -0.25) is 9.10 Å². The summed E-state index contributed by atoms with van der Waals surface area (Å²) in [4.78, 5) is 12.3. The second-order valence-electron chi connectivity index (χ2n) is 5.89. The molecule has 0 unspecified atom stereocenters. The van der Waals surface area contributed by atoms with Gasteiger partial charge >= 0.3 is 0 Å². The summed E-state index contributed by atoms with van der Waals surface area (Å²) >= 11 is 5.89. The number of nitrogens with one attached hydrogen (secondary N) is 1. The fourth-order valence-corrected chi connectivity index (χ4v) is 3.84. The largest absolute Gasteiger partial charge is 0.497 e. The zero-order valence-electron chi connectivity index (χ0n) is 14.8. The van der Waals surface area contributed by atoms with E-state index in [1.54, 1.807) is 36.4 Å². The quantitative estimate of drug-likeness (QED) is 0.780. The zero-order chi connectivity index (χ0) is 19.3. The second-order valence-corrected chi connectivity index (χ2v) is 8.18. The van der Waals surface area contributed by atoms with Crippen LogP contribution < -0.4 is 14.4 Å². The lowest BCUT2D eigenvalue weighted by molar-refractivity contribution is -0.120. The van der Waals surface area contributed by atoms with Crippen molar-refractivity contribution in [2.24, 2.45) is 0 Å². The van der Waals surface area contributed by atoms with Crippen molar-refractivity contribution < 1.29 is 17.9 Å². The molecule has 1 N–H and O–H groups in total. The number of rotatable bonds is 7. The molecule has 2 aromatic carbocycles. The Kier molecular flexibility index (Phi) is 6.50. The normalized spacial score (nSPS) is 11.3. The molecule has 6 nitrogen and oxygen atoms in total. The molecule has 0 radical (unpaired) electrons. The van der Waals surface area contributed by atoms with Crippen molar-refractivity contribution in [3.63, 3.8) is 0 Å². The highest BCUT2D eigenvalue weighted by atomic mass is 35.5. The summed E-state index contributed by atoms with van der Waals surface area (Å²) in [5.41, 5.74) is 0.351. The molecule has 0 atom stereocenters. The average molecular weight is 397 g/mol. The van der Waals surface area contributed by atoms with Crippen LogP contribution in [0.4, 0.5) is 5.69 Å². The minimum Gasteiger partial charge on any atom is -0.497 e. The van der Waals surface area contributed by atoms with E-state index in [4.69, 9.17) is 16.3 Å². The molecule has 0 aromatic heterocycles. The van der Waals surface area contributed by atoms with Crippen LogP contribution in [0, 0.1) is 0 Å². The summed E-state index contributed by atoms with van der Waals surface area (Å²) in [5.74, 6) is 0.145. The van der Waals surface area contributed by atoms with Gasteiger partial charge in [0.25, 0.3) is 10.0 Å². The fraction of sp³-hybridized carbons (Fsp3) is 0.278. The van der Waals surface area contributed by atoms with Crippen LogP contribution in [0.2, 0.25) is 5.02 Å². The standard InChI is InChI=1S/C18H21ClN2O4S/c1-13(2)20-18(22)12-21(15-6-4-14(19)5-7-15)26(23,24)17-10-8-16(25-3)9-11-17/h4-11,13H,12H2,1-3H3,(H,20,22). The van der Waals surface area contributed by atoms with E-state index in [1.807, 2.05) is 13.8 Å². The Morgan fingerprint density at radius 1 is 1.12 bits per heavy atom. The van der Waals surface area contributed by atoms with E-state index in [0.29, 0.717) is 16.5 Å². The molecule has 0 heterocycles. The summed E-state index contributed by atoms with van der Waals surface area (Å²) in [6, 6.07) is 12.2. The van der Waals surface area contributed by atoms with E-state index in [1.165, 1.54) is 19.2 Å². The van der Waals surface area contributed by atoms with Crippen molar-refractivity contribution >= 4 is 33.2 Å². The number of halogens is 1. The topological polar surface area (TPSA) is 75.7 Å². The highest BCUT2D eigenvalue weighted by Gasteiger charge is 2.27. The molecular formula is C18H21ClN2O4S. The number of benzene rings is 2. The number of hydrogen-bond donors (Lipinski definition) is 1. The molecule has 26 heavy (non-hydrogen) atoms. The van der Waals surface area contributed by atoms with Gasteiger partial charge in [0.2, 0.25) is 5.91 Å². The van der Waals surface area contributed by atoms with Crippen molar-refractivity contribution in [3.8, 4) is 5.75 Å². The zero-order valence-corrected chi connectivity index (χ0v) is 16.3. The van der Waals surface area contributed by atoms with Gasteiger partial charge in [-0.15, -0.1) is 0 Å². The van der Waals surface area contributed by atoms with Crippen LogP contribution in [0.25, 0.3) is 0 Å². The lowest BCUT2D eigenvalue weighted by atomic mass is 10.3. The number of hydrogen-bond acceptors (Lipinski definition) is 4. The summed E-state index contributed by atoms with van der Waals surface area (Å²) < 4.78 is 32.3. The minimum atomic E-state index is -3.95. The molecule has 1 amide bonds. The van der Waals surface area contributed by atoms with Crippen LogP contribution in [-0.4, -0.2) is 34.0 Å². The first-order chi connectivity index (χ1) is 12.2. The Morgan fingerprint density at radius 3 is 2.19 bits per heavy atom. The molecule has 2 rings (SSSR count). The van der Waals surface area contributed by atoms with Gasteiger partial charge in [0, 0.05) is 11.1 Å². The monoisotopic (exact) mass is 396 g/mol.